The lowest BCUT2D eigenvalue weighted by molar-refractivity contribution is -0.127. The average molecular weight is 153 g/mol. The summed E-state index contributed by atoms with van der Waals surface area (Å²) in [6, 6.07) is 0. The van der Waals surface area contributed by atoms with E-state index in [9.17, 15) is 4.79 Å². The number of ketones is 1. The molecule has 1 saturated heterocycles. The highest BCUT2D eigenvalue weighted by molar-refractivity contribution is 5.86. The van der Waals surface area contributed by atoms with Gasteiger partial charge in [-0.25, -0.2) is 0 Å². The first-order valence-electron chi connectivity index (χ1n) is 4.57. The van der Waals surface area contributed by atoms with Crippen molar-refractivity contribution < 1.29 is 4.79 Å². The zero-order chi connectivity index (χ0) is 7.84. The summed E-state index contributed by atoms with van der Waals surface area (Å²) in [7, 11) is 0. The van der Waals surface area contributed by atoms with Crippen LogP contribution in [0.4, 0.5) is 0 Å². The van der Waals surface area contributed by atoms with Gasteiger partial charge in [-0.3, -0.25) is 4.79 Å². The van der Waals surface area contributed by atoms with Gasteiger partial charge in [-0.05, 0) is 19.4 Å². The first kappa shape index (κ1) is 7.29. The maximum absolute atomic E-state index is 11.4. The molecular weight excluding hydrogens is 138 g/mol. The number of fused-ring (bicyclic) bond motifs is 2. The predicted molar refractivity (Wildman–Crippen MR) is 43.3 cm³/mol. The SMILES string of the molecule is CCN1C[C@@H]2CC[C@@H](C1)C2=O. The normalized spacial score (nSPS) is 38.1. The van der Waals surface area contributed by atoms with Gasteiger partial charge in [0.05, 0.1) is 0 Å². The number of carbonyl (C=O) groups is 1. The van der Waals surface area contributed by atoms with E-state index in [1.54, 1.807) is 0 Å². The van der Waals surface area contributed by atoms with Crippen molar-refractivity contribution in [3.8, 4) is 0 Å². The molecule has 2 fully saturated rings. The zero-order valence-electron chi connectivity index (χ0n) is 7.05. The highest BCUT2D eigenvalue weighted by atomic mass is 16.1. The van der Waals surface area contributed by atoms with Crippen LogP contribution in [0, 0.1) is 11.8 Å². The number of rotatable bonds is 1. The summed E-state index contributed by atoms with van der Waals surface area (Å²) in [5.74, 6) is 1.34. The summed E-state index contributed by atoms with van der Waals surface area (Å²) in [6.45, 7) is 5.35. The predicted octanol–water partition coefficient (Wildman–Crippen LogP) is 0.917. The molecule has 1 heterocycles. The molecule has 0 radical (unpaired) electrons. The van der Waals surface area contributed by atoms with Crippen LogP contribution in [0.25, 0.3) is 0 Å². The van der Waals surface area contributed by atoms with E-state index in [4.69, 9.17) is 0 Å². The van der Waals surface area contributed by atoms with Crippen molar-refractivity contribution in [2.45, 2.75) is 19.8 Å². The topological polar surface area (TPSA) is 20.3 Å². The Bertz CT molecular complexity index is 162. The number of hydrogen-bond acceptors (Lipinski definition) is 2. The Morgan fingerprint density at radius 2 is 1.91 bits per heavy atom. The smallest absolute Gasteiger partial charge is 0.141 e. The standard InChI is InChI=1S/C9H15NO/c1-2-10-5-7-3-4-8(6-10)9(7)11/h7-8H,2-6H2,1H3/t7-,8-/m0/s1. The van der Waals surface area contributed by atoms with Gasteiger partial charge < -0.3 is 4.90 Å². The Labute approximate surface area is 67.6 Å². The highest BCUT2D eigenvalue weighted by Crippen LogP contribution is 2.32. The first-order valence-corrected chi connectivity index (χ1v) is 4.57. The van der Waals surface area contributed by atoms with Crippen LogP contribution in [0.15, 0.2) is 0 Å². The average Bonchev–Trinajstić information content (AvgIpc) is 2.26. The van der Waals surface area contributed by atoms with Crippen LogP contribution in [-0.4, -0.2) is 30.3 Å². The molecule has 11 heavy (non-hydrogen) atoms. The van der Waals surface area contributed by atoms with E-state index in [2.05, 4.69) is 11.8 Å². The van der Waals surface area contributed by atoms with Gasteiger partial charge in [0, 0.05) is 24.9 Å². The molecule has 0 amide bonds. The zero-order valence-corrected chi connectivity index (χ0v) is 7.05. The van der Waals surface area contributed by atoms with E-state index in [1.165, 1.54) is 0 Å². The molecule has 0 unspecified atom stereocenters. The van der Waals surface area contributed by atoms with E-state index < -0.39 is 0 Å². The van der Waals surface area contributed by atoms with Crippen molar-refractivity contribution in [2.75, 3.05) is 19.6 Å². The Kier molecular flexibility index (Phi) is 1.72. The number of piperidine rings is 1. The summed E-state index contributed by atoms with van der Waals surface area (Å²) >= 11 is 0. The van der Waals surface area contributed by atoms with Crippen molar-refractivity contribution >= 4 is 5.78 Å². The van der Waals surface area contributed by atoms with Gasteiger partial charge in [-0.2, -0.15) is 0 Å². The third kappa shape index (κ3) is 1.09. The molecule has 1 saturated carbocycles. The molecule has 1 aliphatic carbocycles. The molecule has 0 spiro atoms. The number of likely N-dealkylation sites (tertiary alicyclic amines) is 1. The fourth-order valence-electron chi connectivity index (χ4n) is 2.34. The molecular formula is C9H15NO. The second kappa shape index (κ2) is 2.59. The molecule has 0 N–H and O–H groups in total. The minimum Gasteiger partial charge on any atom is -0.302 e. The number of hydrogen-bond donors (Lipinski definition) is 0. The molecule has 2 atom stereocenters. The van der Waals surface area contributed by atoms with Crippen LogP contribution in [0.1, 0.15) is 19.8 Å². The van der Waals surface area contributed by atoms with Gasteiger partial charge in [0.15, 0.2) is 0 Å². The Morgan fingerprint density at radius 1 is 1.36 bits per heavy atom. The number of nitrogens with zero attached hydrogens (tertiary/aromatic N) is 1. The molecule has 0 aromatic carbocycles. The van der Waals surface area contributed by atoms with Crippen LogP contribution < -0.4 is 0 Å². The first-order chi connectivity index (χ1) is 5.31. The minimum atomic E-state index is 0.397. The van der Waals surface area contributed by atoms with E-state index in [1.807, 2.05) is 0 Å². The largest absolute Gasteiger partial charge is 0.302 e. The Hall–Kier alpha value is -0.370. The molecule has 2 aliphatic rings. The summed E-state index contributed by atoms with van der Waals surface area (Å²) in [5, 5.41) is 0. The maximum Gasteiger partial charge on any atom is 0.141 e. The Balaban J connectivity index is 2.08. The van der Waals surface area contributed by atoms with Crippen molar-refractivity contribution in [3.63, 3.8) is 0 Å². The maximum atomic E-state index is 11.4. The summed E-state index contributed by atoms with van der Waals surface area (Å²) in [4.78, 5) is 13.8. The molecule has 2 heteroatoms. The van der Waals surface area contributed by atoms with Gasteiger partial charge in [0.1, 0.15) is 5.78 Å². The molecule has 1 aliphatic heterocycles. The minimum absolute atomic E-state index is 0.397. The lowest BCUT2D eigenvalue weighted by Gasteiger charge is -2.29. The quantitative estimate of drug-likeness (QED) is 0.558. The third-order valence-corrected chi connectivity index (χ3v) is 3.07. The monoisotopic (exact) mass is 153 g/mol. The van der Waals surface area contributed by atoms with Crippen LogP contribution in [-0.2, 0) is 4.79 Å². The van der Waals surface area contributed by atoms with Crippen molar-refractivity contribution in [3.05, 3.63) is 0 Å². The summed E-state index contributed by atoms with van der Waals surface area (Å²) < 4.78 is 0. The van der Waals surface area contributed by atoms with Gasteiger partial charge in [0.2, 0.25) is 0 Å². The van der Waals surface area contributed by atoms with E-state index in [0.29, 0.717) is 17.6 Å². The number of carbonyl (C=O) groups excluding carboxylic acids is 1. The van der Waals surface area contributed by atoms with E-state index in [-0.39, 0.29) is 0 Å². The molecule has 2 rings (SSSR count). The molecule has 0 aromatic rings. The van der Waals surface area contributed by atoms with Crippen molar-refractivity contribution in [2.24, 2.45) is 11.8 Å². The number of Topliss-reactive ketones (excluding diaryl/α,β-unsaturated/α-hetero) is 1. The summed E-state index contributed by atoms with van der Waals surface area (Å²) in [6.07, 6.45) is 2.31. The van der Waals surface area contributed by atoms with Crippen molar-refractivity contribution in [1.82, 2.24) is 4.90 Å². The Morgan fingerprint density at radius 3 is 2.36 bits per heavy atom. The van der Waals surface area contributed by atoms with Gasteiger partial charge in [-0.15, -0.1) is 0 Å². The van der Waals surface area contributed by atoms with Gasteiger partial charge >= 0.3 is 0 Å². The summed E-state index contributed by atoms with van der Waals surface area (Å²) in [5.41, 5.74) is 0. The fourth-order valence-corrected chi connectivity index (χ4v) is 2.34. The van der Waals surface area contributed by atoms with Crippen LogP contribution in [0.5, 0.6) is 0 Å². The van der Waals surface area contributed by atoms with Gasteiger partial charge in [-0.1, -0.05) is 6.92 Å². The fraction of sp³-hybridized carbons (Fsp3) is 0.889. The highest BCUT2D eigenvalue weighted by Gasteiger charge is 2.39. The second-order valence-electron chi connectivity index (χ2n) is 3.73. The van der Waals surface area contributed by atoms with E-state index in [0.717, 1.165) is 32.5 Å². The lowest BCUT2D eigenvalue weighted by Crippen LogP contribution is -2.41. The molecule has 2 bridgehead atoms. The molecule has 0 aromatic heterocycles. The van der Waals surface area contributed by atoms with Crippen LogP contribution in [0.3, 0.4) is 0 Å². The van der Waals surface area contributed by atoms with Crippen LogP contribution in [0.2, 0.25) is 0 Å². The molecule has 2 nitrogen and oxygen atoms in total. The second-order valence-corrected chi connectivity index (χ2v) is 3.73. The van der Waals surface area contributed by atoms with E-state index >= 15 is 0 Å². The van der Waals surface area contributed by atoms with Crippen molar-refractivity contribution in [1.29, 1.82) is 0 Å². The lowest BCUT2D eigenvalue weighted by atomic mass is 9.97. The molecule has 62 valence electrons. The van der Waals surface area contributed by atoms with Crippen LogP contribution >= 0.6 is 0 Å². The third-order valence-electron chi connectivity index (χ3n) is 3.07. The van der Waals surface area contributed by atoms with Gasteiger partial charge in [0.25, 0.3) is 0 Å².